The van der Waals surface area contributed by atoms with Gasteiger partial charge in [-0.05, 0) is 24.1 Å². The normalized spacial score (nSPS) is 9.94. The van der Waals surface area contributed by atoms with Crippen LogP contribution in [0.1, 0.15) is 18.4 Å². The van der Waals surface area contributed by atoms with E-state index in [-0.39, 0.29) is 31.1 Å². The van der Waals surface area contributed by atoms with Gasteiger partial charge in [0.2, 0.25) is 5.91 Å². The van der Waals surface area contributed by atoms with Crippen LogP contribution in [0, 0.1) is 5.82 Å². The van der Waals surface area contributed by atoms with E-state index in [1.807, 2.05) is 0 Å². The Morgan fingerprint density at radius 3 is 2.71 bits per heavy atom. The van der Waals surface area contributed by atoms with Crippen LogP contribution in [-0.4, -0.2) is 23.5 Å². The first-order valence-corrected chi connectivity index (χ1v) is 5.31. The molecule has 0 radical (unpaired) electrons. The Balaban J connectivity index is 2.26. The van der Waals surface area contributed by atoms with Crippen molar-refractivity contribution < 1.29 is 19.1 Å². The van der Waals surface area contributed by atoms with Crippen LogP contribution < -0.4 is 5.32 Å². The lowest BCUT2D eigenvalue weighted by atomic mass is 10.1. The summed E-state index contributed by atoms with van der Waals surface area (Å²) in [7, 11) is 0. The van der Waals surface area contributed by atoms with Crippen LogP contribution in [-0.2, 0) is 16.0 Å². The van der Waals surface area contributed by atoms with Gasteiger partial charge in [-0.3, -0.25) is 9.59 Å². The molecule has 0 atom stereocenters. The van der Waals surface area contributed by atoms with E-state index in [4.69, 9.17) is 5.11 Å². The molecule has 1 aromatic rings. The number of carboxylic acid groups (broad SMARTS) is 1. The lowest BCUT2D eigenvalue weighted by Crippen LogP contribution is -2.26. The number of nitrogens with one attached hydrogen (secondary N) is 1. The van der Waals surface area contributed by atoms with Crippen LogP contribution in [0.25, 0.3) is 0 Å². The molecule has 4 nitrogen and oxygen atoms in total. The highest BCUT2D eigenvalue weighted by atomic mass is 19.1. The molecule has 0 aromatic heterocycles. The number of carboxylic acids is 1. The molecule has 0 spiro atoms. The minimum Gasteiger partial charge on any atom is -0.481 e. The van der Waals surface area contributed by atoms with Gasteiger partial charge >= 0.3 is 5.97 Å². The molecule has 92 valence electrons. The van der Waals surface area contributed by atoms with Crippen LogP contribution in [0.2, 0.25) is 0 Å². The van der Waals surface area contributed by atoms with Gasteiger partial charge in [0.1, 0.15) is 5.82 Å². The number of carbonyl (C=O) groups excluding carboxylic acids is 1. The van der Waals surface area contributed by atoms with Gasteiger partial charge in [0.25, 0.3) is 0 Å². The van der Waals surface area contributed by atoms with Gasteiger partial charge in [0, 0.05) is 13.0 Å². The van der Waals surface area contributed by atoms with E-state index in [0.29, 0.717) is 6.42 Å². The van der Waals surface area contributed by atoms with E-state index in [0.717, 1.165) is 5.56 Å². The Bertz CT molecular complexity index is 406. The zero-order valence-corrected chi connectivity index (χ0v) is 9.28. The highest BCUT2D eigenvalue weighted by Gasteiger charge is 2.03. The van der Waals surface area contributed by atoms with E-state index in [1.54, 1.807) is 12.1 Å². The van der Waals surface area contributed by atoms with Crippen molar-refractivity contribution in [1.29, 1.82) is 0 Å². The average molecular weight is 239 g/mol. The molecule has 0 aliphatic carbocycles. The quantitative estimate of drug-likeness (QED) is 0.787. The van der Waals surface area contributed by atoms with Gasteiger partial charge in [0.15, 0.2) is 0 Å². The van der Waals surface area contributed by atoms with Crippen molar-refractivity contribution in [1.82, 2.24) is 5.32 Å². The van der Waals surface area contributed by atoms with Gasteiger partial charge in [-0.15, -0.1) is 0 Å². The van der Waals surface area contributed by atoms with Crippen LogP contribution in [0.3, 0.4) is 0 Å². The maximum absolute atomic E-state index is 12.8. The third-order valence-corrected chi connectivity index (χ3v) is 2.19. The SMILES string of the molecule is O=C(O)CCNC(=O)CCc1cccc(F)c1. The first kappa shape index (κ1) is 13.2. The molecule has 0 unspecified atom stereocenters. The van der Waals surface area contributed by atoms with E-state index >= 15 is 0 Å². The maximum atomic E-state index is 12.8. The van der Waals surface area contributed by atoms with Crippen molar-refractivity contribution in [2.24, 2.45) is 0 Å². The molecule has 0 saturated carbocycles. The number of aryl methyl sites for hydroxylation is 1. The van der Waals surface area contributed by atoms with Crippen molar-refractivity contribution in [3.8, 4) is 0 Å². The Morgan fingerprint density at radius 1 is 1.29 bits per heavy atom. The molecule has 1 aromatic carbocycles. The molecule has 0 aliphatic rings. The van der Waals surface area contributed by atoms with E-state index < -0.39 is 5.97 Å². The Kier molecular flexibility index (Phi) is 5.13. The molecule has 0 bridgehead atoms. The van der Waals surface area contributed by atoms with Crippen molar-refractivity contribution in [3.63, 3.8) is 0 Å². The summed E-state index contributed by atoms with van der Waals surface area (Å²) in [5.41, 5.74) is 0.749. The summed E-state index contributed by atoms with van der Waals surface area (Å²) in [5, 5.41) is 10.9. The third kappa shape index (κ3) is 5.65. The summed E-state index contributed by atoms with van der Waals surface area (Å²) < 4.78 is 12.8. The first-order chi connectivity index (χ1) is 8.08. The third-order valence-electron chi connectivity index (χ3n) is 2.19. The number of benzene rings is 1. The number of hydrogen-bond acceptors (Lipinski definition) is 2. The standard InChI is InChI=1S/C12H14FNO3/c13-10-3-1-2-9(8-10)4-5-11(15)14-7-6-12(16)17/h1-3,8H,4-7H2,(H,14,15)(H,16,17). The Hall–Kier alpha value is -1.91. The molecule has 0 fully saturated rings. The summed E-state index contributed by atoms with van der Waals surface area (Å²) in [6, 6.07) is 6.06. The number of hydrogen-bond donors (Lipinski definition) is 2. The minimum atomic E-state index is -0.949. The molecule has 1 amide bonds. The largest absolute Gasteiger partial charge is 0.481 e. The summed E-state index contributed by atoms with van der Waals surface area (Å²) in [4.78, 5) is 21.5. The second kappa shape index (κ2) is 6.62. The number of halogens is 1. The summed E-state index contributed by atoms with van der Waals surface area (Å²) in [5.74, 6) is -1.50. The summed E-state index contributed by atoms with van der Waals surface area (Å²) in [6.07, 6.45) is 0.575. The zero-order chi connectivity index (χ0) is 12.7. The molecule has 0 heterocycles. The molecule has 0 saturated heterocycles. The van der Waals surface area contributed by atoms with Crippen molar-refractivity contribution in [2.75, 3.05) is 6.54 Å². The van der Waals surface area contributed by atoms with Crippen LogP contribution in [0.5, 0.6) is 0 Å². The summed E-state index contributed by atoms with van der Waals surface area (Å²) in [6.45, 7) is 0.122. The average Bonchev–Trinajstić information content (AvgIpc) is 2.26. The van der Waals surface area contributed by atoms with Crippen LogP contribution in [0.4, 0.5) is 4.39 Å². The fourth-order valence-electron chi connectivity index (χ4n) is 1.35. The topological polar surface area (TPSA) is 66.4 Å². The van der Waals surface area contributed by atoms with Crippen LogP contribution in [0.15, 0.2) is 24.3 Å². The molecular weight excluding hydrogens is 225 g/mol. The molecule has 2 N–H and O–H groups in total. The monoisotopic (exact) mass is 239 g/mol. The van der Waals surface area contributed by atoms with Gasteiger partial charge in [-0.25, -0.2) is 4.39 Å². The lowest BCUT2D eigenvalue weighted by Gasteiger charge is -2.03. The van der Waals surface area contributed by atoms with Crippen molar-refractivity contribution in [2.45, 2.75) is 19.3 Å². The van der Waals surface area contributed by atoms with E-state index in [1.165, 1.54) is 12.1 Å². The van der Waals surface area contributed by atoms with Crippen LogP contribution >= 0.6 is 0 Å². The lowest BCUT2D eigenvalue weighted by molar-refractivity contribution is -0.136. The Labute approximate surface area is 98.5 Å². The zero-order valence-electron chi connectivity index (χ0n) is 9.28. The minimum absolute atomic E-state index is 0.0916. The first-order valence-electron chi connectivity index (χ1n) is 5.31. The van der Waals surface area contributed by atoms with Gasteiger partial charge < -0.3 is 10.4 Å². The second-order valence-corrected chi connectivity index (χ2v) is 3.62. The molecular formula is C12H14FNO3. The van der Waals surface area contributed by atoms with Gasteiger partial charge in [-0.2, -0.15) is 0 Å². The second-order valence-electron chi connectivity index (χ2n) is 3.62. The number of aliphatic carboxylic acids is 1. The van der Waals surface area contributed by atoms with E-state index in [9.17, 15) is 14.0 Å². The van der Waals surface area contributed by atoms with Gasteiger partial charge in [0.05, 0.1) is 6.42 Å². The number of amides is 1. The summed E-state index contributed by atoms with van der Waals surface area (Å²) >= 11 is 0. The Morgan fingerprint density at radius 2 is 2.06 bits per heavy atom. The van der Waals surface area contributed by atoms with E-state index in [2.05, 4.69) is 5.32 Å². The fourth-order valence-corrected chi connectivity index (χ4v) is 1.35. The highest BCUT2D eigenvalue weighted by Crippen LogP contribution is 2.05. The smallest absolute Gasteiger partial charge is 0.305 e. The predicted molar refractivity (Wildman–Crippen MR) is 60.0 cm³/mol. The predicted octanol–water partition coefficient (Wildman–Crippen LogP) is 1.35. The van der Waals surface area contributed by atoms with Crippen molar-refractivity contribution in [3.05, 3.63) is 35.6 Å². The van der Waals surface area contributed by atoms with Gasteiger partial charge in [-0.1, -0.05) is 12.1 Å². The molecule has 1 rings (SSSR count). The maximum Gasteiger partial charge on any atom is 0.305 e. The molecule has 17 heavy (non-hydrogen) atoms. The number of rotatable bonds is 6. The molecule has 5 heteroatoms. The highest BCUT2D eigenvalue weighted by molar-refractivity contribution is 5.77. The fraction of sp³-hybridized carbons (Fsp3) is 0.333. The molecule has 0 aliphatic heterocycles. The van der Waals surface area contributed by atoms with Crippen molar-refractivity contribution >= 4 is 11.9 Å². The number of carbonyl (C=O) groups is 2.